The second-order valence-corrected chi connectivity index (χ2v) is 7.31. The smallest absolute Gasteiger partial charge is 0.123 e. The number of hydrogen-bond acceptors (Lipinski definition) is 4. The van der Waals surface area contributed by atoms with Crippen molar-refractivity contribution in [2.75, 3.05) is 26.3 Å². The van der Waals surface area contributed by atoms with Crippen LogP contribution in [-0.2, 0) is 0 Å². The molecule has 0 spiro atoms. The van der Waals surface area contributed by atoms with Gasteiger partial charge in [0.15, 0.2) is 0 Å². The maximum Gasteiger partial charge on any atom is 0.123 e. The number of nitrogens with one attached hydrogen (secondary N) is 2. The highest BCUT2D eigenvalue weighted by Gasteiger charge is 2.09. The van der Waals surface area contributed by atoms with Crippen molar-refractivity contribution in [1.82, 2.24) is 10.3 Å². The summed E-state index contributed by atoms with van der Waals surface area (Å²) in [6.45, 7) is 3.74. The first-order valence-electron chi connectivity index (χ1n) is 10.0. The standard InChI is InChI=1S/C24H25FN2O3/c1-16-4-2-3-5-24(16)29-11-10-26-14-18(28)15-30-19-7-8-20-21-12-17(25)6-9-22(21)27-23(20)13-19/h2-9,12-13,18,26-28H,10-11,14-15H2,1H3. The number of halogens is 1. The van der Waals surface area contributed by atoms with E-state index in [0.717, 1.165) is 33.1 Å². The molecular weight excluding hydrogens is 383 g/mol. The van der Waals surface area contributed by atoms with Crippen molar-refractivity contribution in [2.45, 2.75) is 13.0 Å². The summed E-state index contributed by atoms with van der Waals surface area (Å²) in [5.74, 6) is 1.26. The molecule has 5 nitrogen and oxygen atoms in total. The zero-order valence-corrected chi connectivity index (χ0v) is 16.8. The molecule has 0 saturated heterocycles. The number of rotatable bonds is 9. The molecule has 30 heavy (non-hydrogen) atoms. The van der Waals surface area contributed by atoms with Crippen LogP contribution in [0.2, 0.25) is 0 Å². The first-order valence-corrected chi connectivity index (χ1v) is 10.0. The van der Waals surface area contributed by atoms with Gasteiger partial charge < -0.3 is 24.9 Å². The van der Waals surface area contributed by atoms with Gasteiger partial charge in [0.05, 0.1) is 5.52 Å². The Kier molecular flexibility index (Phi) is 6.16. The summed E-state index contributed by atoms with van der Waals surface area (Å²) in [7, 11) is 0. The molecule has 0 amide bonds. The second-order valence-electron chi connectivity index (χ2n) is 7.31. The number of aryl methyl sites for hydroxylation is 1. The van der Waals surface area contributed by atoms with E-state index in [9.17, 15) is 9.50 Å². The Morgan fingerprint density at radius 1 is 1.00 bits per heavy atom. The summed E-state index contributed by atoms with van der Waals surface area (Å²) < 4.78 is 24.9. The van der Waals surface area contributed by atoms with E-state index in [-0.39, 0.29) is 12.4 Å². The fraction of sp³-hybridized carbons (Fsp3) is 0.250. The van der Waals surface area contributed by atoms with Gasteiger partial charge >= 0.3 is 0 Å². The number of H-pyrrole nitrogens is 1. The van der Waals surface area contributed by atoms with Gasteiger partial charge in [-0.3, -0.25) is 0 Å². The summed E-state index contributed by atoms with van der Waals surface area (Å²) in [6.07, 6.45) is -0.643. The number of aliphatic hydroxyl groups excluding tert-OH is 1. The molecule has 4 rings (SSSR count). The Labute approximate surface area is 174 Å². The van der Waals surface area contributed by atoms with Crippen molar-refractivity contribution in [3.05, 3.63) is 72.0 Å². The predicted molar refractivity (Wildman–Crippen MR) is 117 cm³/mol. The molecule has 3 aromatic carbocycles. The molecular formula is C24H25FN2O3. The van der Waals surface area contributed by atoms with Crippen molar-refractivity contribution in [2.24, 2.45) is 0 Å². The van der Waals surface area contributed by atoms with Crippen LogP contribution in [0.15, 0.2) is 60.7 Å². The van der Waals surface area contributed by atoms with Crippen LogP contribution < -0.4 is 14.8 Å². The van der Waals surface area contributed by atoms with E-state index in [0.29, 0.717) is 25.4 Å². The van der Waals surface area contributed by atoms with Crippen LogP contribution in [0.4, 0.5) is 4.39 Å². The molecule has 4 aromatic rings. The van der Waals surface area contributed by atoms with Crippen molar-refractivity contribution in [3.8, 4) is 11.5 Å². The van der Waals surface area contributed by atoms with Crippen molar-refractivity contribution in [1.29, 1.82) is 0 Å². The van der Waals surface area contributed by atoms with Crippen molar-refractivity contribution in [3.63, 3.8) is 0 Å². The second kappa shape index (κ2) is 9.15. The molecule has 0 radical (unpaired) electrons. The molecule has 1 atom stereocenters. The SMILES string of the molecule is Cc1ccccc1OCCNCC(O)COc1ccc2c(c1)[nH]c1ccc(F)cc12. The van der Waals surface area contributed by atoms with Crippen LogP contribution in [0.5, 0.6) is 11.5 Å². The number of aromatic nitrogens is 1. The summed E-state index contributed by atoms with van der Waals surface area (Å²) in [5, 5.41) is 15.1. The van der Waals surface area contributed by atoms with E-state index in [1.54, 1.807) is 6.07 Å². The minimum absolute atomic E-state index is 0.173. The third-order valence-electron chi connectivity index (χ3n) is 4.98. The van der Waals surface area contributed by atoms with Crippen LogP contribution in [0.25, 0.3) is 21.8 Å². The molecule has 0 aliphatic rings. The fourth-order valence-electron chi connectivity index (χ4n) is 3.42. The Bertz CT molecular complexity index is 1140. The molecule has 0 aliphatic carbocycles. The summed E-state index contributed by atoms with van der Waals surface area (Å²) in [4.78, 5) is 3.26. The largest absolute Gasteiger partial charge is 0.492 e. The highest BCUT2D eigenvalue weighted by atomic mass is 19.1. The van der Waals surface area contributed by atoms with Gasteiger partial charge in [-0.1, -0.05) is 18.2 Å². The number of ether oxygens (including phenoxy) is 2. The zero-order valence-electron chi connectivity index (χ0n) is 16.8. The molecule has 0 saturated carbocycles. The first-order chi connectivity index (χ1) is 14.6. The van der Waals surface area contributed by atoms with Crippen LogP contribution in [0.1, 0.15) is 5.56 Å². The number of aromatic amines is 1. The van der Waals surface area contributed by atoms with Crippen LogP contribution in [0.3, 0.4) is 0 Å². The van der Waals surface area contributed by atoms with E-state index >= 15 is 0 Å². The third-order valence-corrected chi connectivity index (χ3v) is 4.98. The molecule has 156 valence electrons. The third kappa shape index (κ3) is 4.72. The van der Waals surface area contributed by atoms with E-state index < -0.39 is 6.10 Å². The first kappa shape index (κ1) is 20.2. The number of fused-ring (bicyclic) bond motifs is 3. The quantitative estimate of drug-likeness (QED) is 0.364. The monoisotopic (exact) mass is 408 g/mol. The minimum Gasteiger partial charge on any atom is -0.492 e. The van der Waals surface area contributed by atoms with Crippen LogP contribution in [0, 0.1) is 12.7 Å². The Hall–Kier alpha value is -3.09. The van der Waals surface area contributed by atoms with E-state index in [1.807, 2.05) is 49.4 Å². The Morgan fingerprint density at radius 2 is 1.87 bits per heavy atom. The van der Waals surface area contributed by atoms with Crippen LogP contribution >= 0.6 is 0 Å². The lowest BCUT2D eigenvalue weighted by Crippen LogP contribution is -2.33. The van der Waals surface area contributed by atoms with Crippen LogP contribution in [-0.4, -0.2) is 42.5 Å². The topological polar surface area (TPSA) is 66.5 Å². The lowest BCUT2D eigenvalue weighted by Gasteiger charge is -2.14. The van der Waals surface area contributed by atoms with Gasteiger partial charge in [-0.15, -0.1) is 0 Å². The molecule has 0 bridgehead atoms. The minimum atomic E-state index is -0.643. The summed E-state index contributed by atoms with van der Waals surface area (Å²) in [5.41, 5.74) is 2.85. The maximum absolute atomic E-state index is 13.5. The fourth-order valence-corrected chi connectivity index (χ4v) is 3.42. The van der Waals surface area contributed by atoms with Crippen molar-refractivity contribution < 1.29 is 19.0 Å². The molecule has 1 unspecified atom stereocenters. The predicted octanol–water partition coefficient (Wildman–Crippen LogP) is 4.18. The molecule has 6 heteroatoms. The lowest BCUT2D eigenvalue weighted by molar-refractivity contribution is 0.105. The normalized spacial score (nSPS) is 12.4. The van der Waals surface area contributed by atoms with E-state index in [4.69, 9.17) is 9.47 Å². The highest BCUT2D eigenvalue weighted by molar-refractivity contribution is 6.07. The Morgan fingerprint density at radius 3 is 2.73 bits per heavy atom. The summed E-state index contributed by atoms with van der Waals surface area (Å²) >= 11 is 0. The Balaban J connectivity index is 1.23. The van der Waals surface area contributed by atoms with Gasteiger partial charge in [0, 0.05) is 35.4 Å². The number of aliphatic hydroxyl groups is 1. The van der Waals surface area contributed by atoms with Gasteiger partial charge in [0.25, 0.3) is 0 Å². The molecule has 0 fully saturated rings. The zero-order chi connectivity index (χ0) is 20.9. The van der Waals surface area contributed by atoms with Gasteiger partial charge in [0.1, 0.15) is 36.6 Å². The van der Waals surface area contributed by atoms with Gasteiger partial charge in [0.2, 0.25) is 0 Å². The molecule has 3 N–H and O–H groups in total. The average Bonchev–Trinajstić information content (AvgIpc) is 3.10. The highest BCUT2D eigenvalue weighted by Crippen LogP contribution is 2.28. The molecule has 1 aromatic heterocycles. The van der Waals surface area contributed by atoms with Gasteiger partial charge in [-0.2, -0.15) is 0 Å². The number of para-hydroxylation sites is 1. The average molecular weight is 408 g/mol. The van der Waals surface area contributed by atoms with Gasteiger partial charge in [-0.05, 0) is 48.9 Å². The molecule has 0 aliphatic heterocycles. The van der Waals surface area contributed by atoms with Gasteiger partial charge in [-0.25, -0.2) is 4.39 Å². The van der Waals surface area contributed by atoms with E-state index in [1.165, 1.54) is 12.1 Å². The summed E-state index contributed by atoms with van der Waals surface area (Å²) in [6, 6.07) is 18.2. The maximum atomic E-state index is 13.5. The number of hydrogen-bond donors (Lipinski definition) is 3. The van der Waals surface area contributed by atoms with Crippen molar-refractivity contribution >= 4 is 21.8 Å². The molecule has 1 heterocycles. The van der Waals surface area contributed by atoms with E-state index in [2.05, 4.69) is 10.3 Å². The number of benzene rings is 3. The lowest BCUT2D eigenvalue weighted by atomic mass is 10.1.